The second-order valence-electron chi connectivity index (χ2n) is 4.20. The van der Waals surface area contributed by atoms with Crippen molar-refractivity contribution in [2.45, 2.75) is 32.2 Å². The molecule has 5 heteroatoms. The number of nitrogens with zero attached hydrogens (tertiary/aromatic N) is 1. The summed E-state index contributed by atoms with van der Waals surface area (Å²) in [5, 5.41) is 2.69. The molecule has 1 aromatic rings. The van der Waals surface area contributed by atoms with Gasteiger partial charge in [0.15, 0.2) is 0 Å². The highest BCUT2D eigenvalue weighted by atomic mass is 16.5. The molecule has 3 N–H and O–H groups in total. The van der Waals surface area contributed by atoms with E-state index in [1.165, 1.54) is 0 Å². The fourth-order valence-electron chi connectivity index (χ4n) is 1.50. The summed E-state index contributed by atoms with van der Waals surface area (Å²) >= 11 is 0. The van der Waals surface area contributed by atoms with Gasteiger partial charge in [0, 0.05) is 12.3 Å². The second kappa shape index (κ2) is 5.63. The molecule has 1 aromatic heterocycles. The Labute approximate surface area is 101 Å². The van der Waals surface area contributed by atoms with Crippen molar-refractivity contribution in [2.24, 2.45) is 5.73 Å². The summed E-state index contributed by atoms with van der Waals surface area (Å²) in [6, 6.07) is 3.36. The molecule has 1 unspecified atom stereocenters. The maximum atomic E-state index is 11.9. The Morgan fingerprint density at radius 1 is 1.65 bits per heavy atom. The van der Waals surface area contributed by atoms with Gasteiger partial charge >= 0.3 is 0 Å². The largest absolute Gasteiger partial charge is 0.497 e. The van der Waals surface area contributed by atoms with Gasteiger partial charge in [0.2, 0.25) is 5.91 Å². The van der Waals surface area contributed by atoms with Gasteiger partial charge in [-0.3, -0.25) is 4.79 Å². The average Bonchev–Trinajstić information content (AvgIpc) is 2.29. The smallest absolute Gasteiger partial charge is 0.245 e. The van der Waals surface area contributed by atoms with Crippen LogP contribution in [0, 0.1) is 0 Å². The number of amides is 1. The van der Waals surface area contributed by atoms with Crippen molar-refractivity contribution in [2.75, 3.05) is 12.4 Å². The van der Waals surface area contributed by atoms with Gasteiger partial charge in [0.05, 0.1) is 12.6 Å². The Hall–Kier alpha value is -1.62. The number of carbonyl (C=O) groups is 1. The number of anilines is 1. The van der Waals surface area contributed by atoms with Crippen molar-refractivity contribution in [1.82, 2.24) is 4.98 Å². The highest BCUT2D eigenvalue weighted by Gasteiger charge is 2.27. The molecular formula is C12H19N3O2. The lowest BCUT2D eigenvalue weighted by Gasteiger charge is -2.22. The third-order valence-corrected chi connectivity index (χ3v) is 2.50. The summed E-state index contributed by atoms with van der Waals surface area (Å²) in [4.78, 5) is 15.9. The third-order valence-electron chi connectivity index (χ3n) is 2.50. The zero-order valence-electron chi connectivity index (χ0n) is 10.5. The number of aromatic nitrogens is 1. The zero-order chi connectivity index (χ0) is 12.9. The standard InChI is InChI=1S/C12H19N3O2/c1-4-6-12(2,13)11(16)15-10-8-9(17-3)5-7-14-10/h5,7-8H,4,6,13H2,1-3H3,(H,14,15,16). The molecule has 0 spiro atoms. The Morgan fingerprint density at radius 2 is 2.35 bits per heavy atom. The number of nitrogens with two attached hydrogens (primary N) is 1. The van der Waals surface area contributed by atoms with Crippen LogP contribution < -0.4 is 15.8 Å². The van der Waals surface area contributed by atoms with Gasteiger partial charge in [-0.15, -0.1) is 0 Å². The van der Waals surface area contributed by atoms with Crippen LogP contribution in [0.3, 0.4) is 0 Å². The van der Waals surface area contributed by atoms with Gasteiger partial charge in [0.25, 0.3) is 0 Å². The van der Waals surface area contributed by atoms with Crippen molar-refractivity contribution in [1.29, 1.82) is 0 Å². The van der Waals surface area contributed by atoms with Crippen LogP contribution in [0.5, 0.6) is 5.75 Å². The molecule has 5 nitrogen and oxygen atoms in total. The number of methoxy groups -OCH3 is 1. The van der Waals surface area contributed by atoms with Crippen molar-refractivity contribution in [3.63, 3.8) is 0 Å². The first-order chi connectivity index (χ1) is 7.99. The van der Waals surface area contributed by atoms with Crippen molar-refractivity contribution in [3.05, 3.63) is 18.3 Å². The molecule has 1 heterocycles. The molecule has 0 aliphatic carbocycles. The number of hydrogen-bond donors (Lipinski definition) is 2. The van der Waals surface area contributed by atoms with Crippen LogP contribution in [-0.4, -0.2) is 23.5 Å². The maximum Gasteiger partial charge on any atom is 0.245 e. The summed E-state index contributed by atoms with van der Waals surface area (Å²) in [6.07, 6.45) is 3.05. The third kappa shape index (κ3) is 3.71. The first-order valence-electron chi connectivity index (χ1n) is 5.60. The Kier molecular flexibility index (Phi) is 4.45. The van der Waals surface area contributed by atoms with Gasteiger partial charge in [-0.2, -0.15) is 0 Å². The molecule has 0 aromatic carbocycles. The van der Waals surface area contributed by atoms with E-state index in [9.17, 15) is 4.79 Å². The molecule has 0 saturated carbocycles. The highest BCUT2D eigenvalue weighted by Crippen LogP contribution is 2.16. The minimum atomic E-state index is -0.875. The molecule has 17 heavy (non-hydrogen) atoms. The fourth-order valence-corrected chi connectivity index (χ4v) is 1.50. The monoisotopic (exact) mass is 237 g/mol. The number of nitrogens with one attached hydrogen (secondary N) is 1. The van der Waals surface area contributed by atoms with Gasteiger partial charge in [-0.1, -0.05) is 13.3 Å². The van der Waals surface area contributed by atoms with Gasteiger partial charge in [-0.05, 0) is 19.4 Å². The highest BCUT2D eigenvalue weighted by molar-refractivity contribution is 5.97. The maximum absolute atomic E-state index is 11.9. The number of ether oxygens (including phenoxy) is 1. The molecule has 0 saturated heterocycles. The van der Waals surface area contributed by atoms with Crippen molar-refractivity contribution < 1.29 is 9.53 Å². The van der Waals surface area contributed by atoms with Gasteiger partial charge in [-0.25, -0.2) is 4.98 Å². The second-order valence-corrected chi connectivity index (χ2v) is 4.20. The summed E-state index contributed by atoms with van der Waals surface area (Å²) in [7, 11) is 1.56. The van der Waals surface area contributed by atoms with E-state index in [2.05, 4.69) is 10.3 Å². The van der Waals surface area contributed by atoms with E-state index in [-0.39, 0.29) is 5.91 Å². The predicted molar refractivity (Wildman–Crippen MR) is 66.9 cm³/mol. The summed E-state index contributed by atoms with van der Waals surface area (Å²) in [5.41, 5.74) is 5.04. The Bertz CT molecular complexity index is 391. The van der Waals surface area contributed by atoms with Crippen LogP contribution in [0.15, 0.2) is 18.3 Å². The van der Waals surface area contributed by atoms with Crippen molar-refractivity contribution in [3.8, 4) is 5.75 Å². The molecule has 0 radical (unpaired) electrons. The zero-order valence-corrected chi connectivity index (χ0v) is 10.5. The van der Waals surface area contributed by atoms with Crippen LogP contribution in [0.1, 0.15) is 26.7 Å². The number of pyridine rings is 1. The van der Waals surface area contributed by atoms with E-state index >= 15 is 0 Å². The van der Waals surface area contributed by atoms with E-state index in [0.29, 0.717) is 18.0 Å². The molecule has 0 aliphatic heterocycles. The van der Waals surface area contributed by atoms with Gasteiger partial charge in [0.1, 0.15) is 11.6 Å². The fraction of sp³-hybridized carbons (Fsp3) is 0.500. The van der Waals surface area contributed by atoms with E-state index < -0.39 is 5.54 Å². The van der Waals surface area contributed by atoms with Crippen molar-refractivity contribution >= 4 is 11.7 Å². The van der Waals surface area contributed by atoms with E-state index in [1.807, 2.05) is 6.92 Å². The molecule has 1 atom stereocenters. The van der Waals surface area contributed by atoms with Gasteiger partial charge < -0.3 is 15.8 Å². The van der Waals surface area contributed by atoms with E-state index in [1.54, 1.807) is 32.4 Å². The Balaban J connectivity index is 2.73. The van der Waals surface area contributed by atoms with Crippen LogP contribution in [0.2, 0.25) is 0 Å². The molecule has 1 rings (SSSR count). The summed E-state index contributed by atoms with van der Waals surface area (Å²) in [5.74, 6) is 0.853. The lowest BCUT2D eigenvalue weighted by atomic mass is 9.96. The summed E-state index contributed by atoms with van der Waals surface area (Å²) < 4.78 is 5.05. The lowest BCUT2D eigenvalue weighted by Crippen LogP contribution is -2.48. The molecule has 94 valence electrons. The molecule has 0 aliphatic rings. The Morgan fingerprint density at radius 3 is 2.94 bits per heavy atom. The lowest BCUT2D eigenvalue weighted by molar-refractivity contribution is -0.120. The van der Waals surface area contributed by atoms with Crippen LogP contribution in [-0.2, 0) is 4.79 Å². The first kappa shape index (κ1) is 13.4. The molecule has 1 amide bonds. The van der Waals surface area contributed by atoms with E-state index in [0.717, 1.165) is 6.42 Å². The number of rotatable bonds is 5. The first-order valence-corrected chi connectivity index (χ1v) is 5.60. The molecule has 0 bridgehead atoms. The molecular weight excluding hydrogens is 218 g/mol. The predicted octanol–water partition coefficient (Wildman–Crippen LogP) is 1.55. The summed E-state index contributed by atoms with van der Waals surface area (Å²) in [6.45, 7) is 3.70. The van der Waals surface area contributed by atoms with E-state index in [4.69, 9.17) is 10.5 Å². The minimum absolute atomic E-state index is 0.236. The average molecular weight is 237 g/mol. The minimum Gasteiger partial charge on any atom is -0.497 e. The van der Waals surface area contributed by atoms with Crippen LogP contribution in [0.25, 0.3) is 0 Å². The van der Waals surface area contributed by atoms with Crippen LogP contribution >= 0.6 is 0 Å². The molecule has 0 fully saturated rings. The van der Waals surface area contributed by atoms with Crippen LogP contribution in [0.4, 0.5) is 5.82 Å². The quantitative estimate of drug-likeness (QED) is 0.814. The normalized spacial score (nSPS) is 13.9. The SMILES string of the molecule is CCCC(C)(N)C(=O)Nc1cc(OC)ccn1. The number of hydrogen-bond acceptors (Lipinski definition) is 4. The topological polar surface area (TPSA) is 77.2 Å². The number of carbonyl (C=O) groups excluding carboxylic acids is 1.